The maximum absolute atomic E-state index is 14.6. The van der Waals surface area contributed by atoms with Crippen molar-refractivity contribution in [3.05, 3.63) is 101 Å². The highest BCUT2D eigenvalue weighted by Gasteiger charge is 2.65. The molecule has 0 saturated carbocycles. The number of ketones is 1. The number of rotatable bonds is 3. The van der Waals surface area contributed by atoms with E-state index in [9.17, 15) is 23.2 Å². The highest BCUT2D eigenvalue weighted by Crippen LogP contribution is 2.53. The second-order valence-corrected chi connectivity index (χ2v) is 8.53. The normalized spacial score (nSPS) is 24.8. The smallest absolute Gasteiger partial charge is 0.240 e. The predicted octanol–water partition coefficient (Wildman–Crippen LogP) is 3.73. The average molecular weight is 457 g/mol. The fraction of sp³-hybridized carbons (Fsp3) is 0.154. The zero-order valence-electron chi connectivity index (χ0n) is 17.6. The van der Waals surface area contributed by atoms with Crippen molar-refractivity contribution in [1.29, 1.82) is 0 Å². The van der Waals surface area contributed by atoms with Gasteiger partial charge < -0.3 is 0 Å². The van der Waals surface area contributed by atoms with E-state index in [1.807, 2.05) is 24.3 Å². The van der Waals surface area contributed by atoms with Gasteiger partial charge in [0.05, 0.1) is 29.8 Å². The van der Waals surface area contributed by atoms with Gasteiger partial charge in [0, 0.05) is 5.56 Å². The first kappa shape index (κ1) is 20.4. The summed E-state index contributed by atoms with van der Waals surface area (Å²) < 4.78 is 28.1. The summed E-state index contributed by atoms with van der Waals surface area (Å²) in [5, 5.41) is 5.97. The molecule has 4 atom stereocenters. The van der Waals surface area contributed by atoms with E-state index in [1.54, 1.807) is 12.3 Å². The molecule has 0 aromatic heterocycles. The maximum atomic E-state index is 14.6. The number of para-hydroxylation sites is 1. The number of Topliss-reactive ketones (excluding diaryl/α,β-unsaturated/α-hetero) is 1. The van der Waals surface area contributed by atoms with Crippen LogP contribution in [0.25, 0.3) is 0 Å². The van der Waals surface area contributed by atoms with Crippen molar-refractivity contribution in [3.63, 3.8) is 0 Å². The number of hydrogen-bond donors (Lipinski definition) is 0. The van der Waals surface area contributed by atoms with Crippen molar-refractivity contribution in [2.24, 2.45) is 16.9 Å². The summed E-state index contributed by atoms with van der Waals surface area (Å²) in [7, 11) is 0. The summed E-state index contributed by atoms with van der Waals surface area (Å²) in [6, 6.07) is 16.1. The zero-order chi connectivity index (χ0) is 23.6. The Morgan fingerprint density at radius 2 is 1.50 bits per heavy atom. The van der Waals surface area contributed by atoms with Crippen molar-refractivity contribution >= 4 is 29.5 Å². The summed E-state index contributed by atoms with van der Waals surface area (Å²) in [6.07, 6.45) is 1.60. The van der Waals surface area contributed by atoms with Gasteiger partial charge in [-0.1, -0.05) is 36.4 Å². The number of halogens is 2. The first-order valence-corrected chi connectivity index (χ1v) is 10.8. The number of nitrogens with zero attached hydrogens (tertiary/aromatic N) is 3. The zero-order valence-corrected chi connectivity index (χ0v) is 17.6. The lowest BCUT2D eigenvalue weighted by molar-refractivity contribution is -0.124. The molecule has 3 aromatic carbocycles. The lowest BCUT2D eigenvalue weighted by Gasteiger charge is -2.33. The minimum absolute atomic E-state index is 0.140. The van der Waals surface area contributed by atoms with Crippen molar-refractivity contribution < 1.29 is 23.2 Å². The molecule has 34 heavy (non-hydrogen) atoms. The van der Waals surface area contributed by atoms with E-state index >= 15 is 0 Å². The number of carbonyl (C=O) groups excluding carboxylic acids is 3. The molecule has 0 spiro atoms. The number of anilines is 1. The molecule has 0 aliphatic carbocycles. The van der Waals surface area contributed by atoms with Crippen molar-refractivity contribution in [2.45, 2.75) is 12.1 Å². The molecule has 3 aliphatic rings. The topological polar surface area (TPSA) is 70.0 Å². The highest BCUT2D eigenvalue weighted by atomic mass is 19.1. The lowest BCUT2D eigenvalue weighted by Crippen LogP contribution is -2.44. The Labute approximate surface area is 193 Å². The van der Waals surface area contributed by atoms with Crippen LogP contribution in [0.4, 0.5) is 14.5 Å². The van der Waals surface area contributed by atoms with Crippen molar-refractivity contribution in [3.8, 4) is 0 Å². The van der Waals surface area contributed by atoms with Gasteiger partial charge in [0.15, 0.2) is 5.78 Å². The molecule has 0 unspecified atom stereocenters. The van der Waals surface area contributed by atoms with Crippen LogP contribution >= 0.6 is 0 Å². The summed E-state index contributed by atoms with van der Waals surface area (Å²) in [4.78, 5) is 41.8. The molecule has 6 nitrogen and oxygen atoms in total. The summed E-state index contributed by atoms with van der Waals surface area (Å²) in [5.41, 5.74) is 1.60. The molecule has 2 fully saturated rings. The quantitative estimate of drug-likeness (QED) is 0.444. The number of benzene rings is 3. The molecular formula is C26H17F2N3O3. The van der Waals surface area contributed by atoms with Crippen LogP contribution in [0.15, 0.2) is 77.9 Å². The Morgan fingerprint density at radius 3 is 2.26 bits per heavy atom. The number of fused-ring (bicyclic) bond motifs is 5. The van der Waals surface area contributed by atoms with Crippen LogP contribution in [0.5, 0.6) is 0 Å². The molecule has 2 saturated heterocycles. The minimum Gasteiger partial charge on any atom is -0.292 e. The van der Waals surface area contributed by atoms with Crippen molar-refractivity contribution in [2.75, 3.05) is 4.90 Å². The number of imide groups is 1. The standard InChI is InChI=1S/C26H17F2N3O3/c27-16-11-9-14(10-12-16)24(32)23-21-20(22-17-6-2-1-5-15(17)13-29-31(22)23)25(33)30(26(21)34)19-8-4-3-7-18(19)28/h1-13,20-23H/t20-,21+,22-,23-/m0/s1. The maximum Gasteiger partial charge on any atom is 0.240 e. The second-order valence-electron chi connectivity index (χ2n) is 8.53. The van der Waals surface area contributed by atoms with E-state index in [-0.39, 0.29) is 11.3 Å². The molecule has 0 radical (unpaired) electrons. The number of hydrogen-bond acceptors (Lipinski definition) is 5. The largest absolute Gasteiger partial charge is 0.292 e. The van der Waals surface area contributed by atoms with Gasteiger partial charge in [0.2, 0.25) is 11.8 Å². The Kier molecular flexibility index (Phi) is 4.45. The van der Waals surface area contributed by atoms with E-state index in [0.717, 1.165) is 16.0 Å². The molecule has 8 heteroatoms. The first-order valence-electron chi connectivity index (χ1n) is 10.8. The third-order valence-corrected chi connectivity index (χ3v) is 6.78. The van der Waals surface area contributed by atoms with Crippen LogP contribution in [0, 0.1) is 23.5 Å². The fourth-order valence-corrected chi connectivity index (χ4v) is 5.32. The Morgan fingerprint density at radius 1 is 0.824 bits per heavy atom. The SMILES string of the molecule is O=C(c1ccc(F)cc1)[C@@H]1[C@@H]2C(=O)N(c3ccccc3F)C(=O)[C@@H]2[C@@H]2c3ccccc3C=NN12. The van der Waals surface area contributed by atoms with Gasteiger partial charge in [-0.25, -0.2) is 13.7 Å². The number of amides is 2. The summed E-state index contributed by atoms with van der Waals surface area (Å²) >= 11 is 0. The van der Waals surface area contributed by atoms with Gasteiger partial charge in [0.25, 0.3) is 0 Å². The van der Waals surface area contributed by atoms with Gasteiger partial charge >= 0.3 is 0 Å². The second kappa shape index (κ2) is 7.41. The molecule has 6 rings (SSSR count). The Balaban J connectivity index is 1.51. The average Bonchev–Trinajstić information content (AvgIpc) is 3.32. The van der Waals surface area contributed by atoms with E-state index in [4.69, 9.17) is 0 Å². The Hall–Kier alpha value is -4.20. The van der Waals surface area contributed by atoms with Gasteiger partial charge in [-0.15, -0.1) is 0 Å². The van der Waals surface area contributed by atoms with E-state index < -0.39 is 53.2 Å². The van der Waals surface area contributed by atoms with Crippen LogP contribution < -0.4 is 4.90 Å². The molecule has 0 N–H and O–H groups in total. The van der Waals surface area contributed by atoms with Gasteiger partial charge in [0.1, 0.15) is 17.7 Å². The van der Waals surface area contributed by atoms with Crippen LogP contribution in [0.3, 0.4) is 0 Å². The molecule has 168 valence electrons. The van der Waals surface area contributed by atoms with Gasteiger partial charge in [-0.3, -0.25) is 19.4 Å². The molecule has 3 aliphatic heterocycles. The van der Waals surface area contributed by atoms with Crippen LogP contribution in [0.1, 0.15) is 27.5 Å². The molecular weight excluding hydrogens is 440 g/mol. The monoisotopic (exact) mass is 457 g/mol. The molecule has 3 heterocycles. The van der Waals surface area contributed by atoms with E-state index in [0.29, 0.717) is 0 Å². The minimum atomic E-state index is -1.10. The van der Waals surface area contributed by atoms with E-state index in [1.165, 1.54) is 47.5 Å². The summed E-state index contributed by atoms with van der Waals surface area (Å²) in [5.74, 6) is -4.88. The Bertz CT molecular complexity index is 1390. The van der Waals surface area contributed by atoms with Gasteiger partial charge in [-0.05, 0) is 47.5 Å². The molecule has 2 amide bonds. The highest BCUT2D eigenvalue weighted by molar-refractivity contribution is 6.24. The summed E-state index contributed by atoms with van der Waals surface area (Å²) in [6.45, 7) is 0. The lowest BCUT2D eigenvalue weighted by atomic mass is 9.83. The van der Waals surface area contributed by atoms with Crippen LogP contribution in [-0.2, 0) is 9.59 Å². The number of hydrazone groups is 1. The van der Waals surface area contributed by atoms with Gasteiger partial charge in [-0.2, -0.15) is 5.10 Å². The third-order valence-electron chi connectivity index (χ3n) is 6.78. The van der Waals surface area contributed by atoms with Crippen LogP contribution in [0.2, 0.25) is 0 Å². The number of carbonyl (C=O) groups is 3. The first-order chi connectivity index (χ1) is 16.5. The van der Waals surface area contributed by atoms with Crippen molar-refractivity contribution in [1.82, 2.24) is 5.01 Å². The van der Waals surface area contributed by atoms with Crippen LogP contribution in [-0.4, -0.2) is 34.9 Å². The third kappa shape index (κ3) is 2.78. The molecule has 3 aromatic rings. The van der Waals surface area contributed by atoms with E-state index in [2.05, 4.69) is 5.10 Å². The molecule has 0 bridgehead atoms. The predicted molar refractivity (Wildman–Crippen MR) is 119 cm³/mol. The fourth-order valence-electron chi connectivity index (χ4n) is 5.32.